The summed E-state index contributed by atoms with van der Waals surface area (Å²) in [6, 6.07) is 10.2. The molecule has 0 aliphatic heterocycles. The quantitative estimate of drug-likeness (QED) is 0.197. The molecule has 32 heavy (non-hydrogen) atoms. The van der Waals surface area contributed by atoms with Crippen LogP contribution in [0.4, 0.5) is 18.0 Å². The van der Waals surface area contributed by atoms with Crippen LogP contribution >= 0.6 is 11.6 Å². The SMILES string of the molecule is C=CCON(C)C(=O)NN=C(c1ccc(Cl)cc1)c1ccc(OS(=O)(=O)C(F)(F)F)cc1. The van der Waals surface area contributed by atoms with Gasteiger partial charge in [-0.05, 0) is 36.4 Å². The second kappa shape index (κ2) is 10.5. The Labute approximate surface area is 187 Å². The van der Waals surface area contributed by atoms with Crippen LogP contribution in [0.5, 0.6) is 5.75 Å². The summed E-state index contributed by atoms with van der Waals surface area (Å²) < 4.78 is 63.9. The normalized spacial score (nSPS) is 12.2. The number of amides is 2. The third-order valence-corrected chi connectivity index (χ3v) is 4.90. The third kappa shape index (κ3) is 6.70. The molecule has 2 aromatic carbocycles. The van der Waals surface area contributed by atoms with Crippen molar-refractivity contribution in [1.82, 2.24) is 10.5 Å². The number of hydrogen-bond acceptors (Lipinski definition) is 6. The highest BCUT2D eigenvalue weighted by Gasteiger charge is 2.48. The molecule has 0 saturated heterocycles. The van der Waals surface area contributed by atoms with Crippen LogP contribution in [0.2, 0.25) is 5.02 Å². The van der Waals surface area contributed by atoms with E-state index in [9.17, 15) is 26.4 Å². The van der Waals surface area contributed by atoms with Crippen molar-refractivity contribution in [2.75, 3.05) is 13.7 Å². The van der Waals surface area contributed by atoms with Gasteiger partial charge in [-0.15, -0.1) is 6.58 Å². The zero-order valence-electron chi connectivity index (χ0n) is 16.5. The van der Waals surface area contributed by atoms with Crippen molar-refractivity contribution in [2.45, 2.75) is 5.51 Å². The smallest absolute Gasteiger partial charge is 0.376 e. The van der Waals surface area contributed by atoms with Crippen molar-refractivity contribution in [3.8, 4) is 5.75 Å². The predicted molar refractivity (Wildman–Crippen MR) is 112 cm³/mol. The molecule has 13 heteroatoms. The van der Waals surface area contributed by atoms with Gasteiger partial charge in [-0.25, -0.2) is 15.3 Å². The highest BCUT2D eigenvalue weighted by molar-refractivity contribution is 7.88. The van der Waals surface area contributed by atoms with Gasteiger partial charge in [-0.1, -0.05) is 29.8 Å². The van der Waals surface area contributed by atoms with Gasteiger partial charge in [0.15, 0.2) is 0 Å². The maximum Gasteiger partial charge on any atom is 0.534 e. The van der Waals surface area contributed by atoms with Crippen LogP contribution in [0.15, 0.2) is 66.3 Å². The molecule has 2 amide bonds. The van der Waals surface area contributed by atoms with Gasteiger partial charge in [-0.2, -0.15) is 26.7 Å². The molecule has 0 fully saturated rings. The number of hydrazone groups is 1. The number of hydrogen-bond donors (Lipinski definition) is 1. The van der Waals surface area contributed by atoms with Crippen molar-refractivity contribution in [1.29, 1.82) is 0 Å². The van der Waals surface area contributed by atoms with E-state index in [1.807, 2.05) is 0 Å². The van der Waals surface area contributed by atoms with Gasteiger partial charge in [0.25, 0.3) is 0 Å². The molecule has 0 aromatic heterocycles. The summed E-state index contributed by atoms with van der Waals surface area (Å²) in [5.74, 6) is -0.553. The maximum atomic E-state index is 12.5. The number of nitrogens with zero attached hydrogens (tertiary/aromatic N) is 2. The van der Waals surface area contributed by atoms with E-state index in [0.29, 0.717) is 16.1 Å². The monoisotopic (exact) mass is 491 g/mol. The Morgan fingerprint density at radius 1 is 1.16 bits per heavy atom. The minimum absolute atomic E-state index is 0.0833. The zero-order valence-corrected chi connectivity index (χ0v) is 18.0. The fraction of sp³-hybridized carbons (Fsp3) is 0.158. The first kappa shape index (κ1) is 25.2. The standard InChI is InChI=1S/C19H17ClF3N3O5S/c1-3-12-30-26(2)18(27)25-24-17(13-4-8-15(20)9-5-13)14-6-10-16(11-7-14)31-32(28,29)19(21,22)23/h3-11H,1,12H2,2H3,(H,25,27). The molecule has 172 valence electrons. The first-order chi connectivity index (χ1) is 14.9. The van der Waals surface area contributed by atoms with Gasteiger partial charge in [0.2, 0.25) is 0 Å². The van der Waals surface area contributed by atoms with Crippen LogP contribution in [0, 0.1) is 0 Å². The van der Waals surface area contributed by atoms with Gasteiger partial charge in [0.05, 0.1) is 12.3 Å². The third-order valence-electron chi connectivity index (χ3n) is 3.67. The van der Waals surface area contributed by atoms with Crippen LogP contribution in [0.1, 0.15) is 11.1 Å². The maximum absolute atomic E-state index is 12.5. The summed E-state index contributed by atoms with van der Waals surface area (Å²) in [7, 11) is -4.46. The van der Waals surface area contributed by atoms with E-state index in [4.69, 9.17) is 16.4 Å². The van der Waals surface area contributed by atoms with Crippen LogP contribution in [-0.4, -0.2) is 44.4 Å². The van der Waals surface area contributed by atoms with Crippen LogP contribution in [0.3, 0.4) is 0 Å². The molecule has 0 atom stereocenters. The van der Waals surface area contributed by atoms with Crippen LogP contribution < -0.4 is 9.61 Å². The molecule has 0 aliphatic carbocycles. The number of benzene rings is 2. The van der Waals surface area contributed by atoms with E-state index in [1.54, 1.807) is 24.3 Å². The lowest BCUT2D eigenvalue weighted by molar-refractivity contribution is -0.0844. The Kier molecular flexibility index (Phi) is 8.25. The molecule has 0 spiro atoms. The van der Waals surface area contributed by atoms with Crippen LogP contribution in [-0.2, 0) is 15.0 Å². The van der Waals surface area contributed by atoms with Crippen LogP contribution in [0.25, 0.3) is 0 Å². The molecule has 0 bridgehead atoms. The van der Waals surface area contributed by atoms with Gasteiger partial charge in [0, 0.05) is 23.2 Å². The van der Waals surface area contributed by atoms with E-state index in [0.717, 1.165) is 17.2 Å². The van der Waals surface area contributed by atoms with E-state index >= 15 is 0 Å². The minimum Gasteiger partial charge on any atom is -0.376 e. The van der Waals surface area contributed by atoms with Crippen molar-refractivity contribution in [2.24, 2.45) is 5.10 Å². The Bertz CT molecular complexity index is 1090. The number of urea groups is 1. The number of hydroxylamine groups is 2. The molecule has 2 rings (SSSR count). The van der Waals surface area contributed by atoms with Gasteiger partial charge < -0.3 is 4.18 Å². The second-order valence-electron chi connectivity index (χ2n) is 5.97. The zero-order chi connectivity index (χ0) is 23.9. The van der Waals surface area contributed by atoms with Crippen molar-refractivity contribution in [3.63, 3.8) is 0 Å². The largest absolute Gasteiger partial charge is 0.534 e. The molecule has 2 aromatic rings. The Morgan fingerprint density at radius 3 is 2.19 bits per heavy atom. The Hall–Kier alpha value is -3.09. The molecular weight excluding hydrogens is 475 g/mol. The second-order valence-corrected chi connectivity index (χ2v) is 7.95. The molecular formula is C19H17ClF3N3O5S. The number of nitrogens with one attached hydrogen (secondary N) is 1. The average Bonchev–Trinajstić information content (AvgIpc) is 2.73. The number of alkyl halides is 3. The molecule has 0 saturated carbocycles. The number of carbonyl (C=O) groups is 1. The van der Waals surface area contributed by atoms with Gasteiger partial charge >= 0.3 is 21.7 Å². The lowest BCUT2D eigenvalue weighted by Gasteiger charge is -2.15. The van der Waals surface area contributed by atoms with E-state index < -0.39 is 27.4 Å². The number of rotatable bonds is 8. The average molecular weight is 492 g/mol. The molecule has 0 heterocycles. The van der Waals surface area contributed by atoms with Gasteiger partial charge in [0.1, 0.15) is 5.75 Å². The van der Waals surface area contributed by atoms with E-state index in [2.05, 4.69) is 21.3 Å². The number of carbonyl (C=O) groups excluding carboxylic acids is 1. The molecule has 0 unspecified atom stereocenters. The van der Waals surface area contributed by atoms with Gasteiger partial charge in [-0.3, -0.25) is 4.84 Å². The first-order valence-corrected chi connectivity index (χ1v) is 10.5. The van der Waals surface area contributed by atoms with Crippen molar-refractivity contribution >= 4 is 33.5 Å². The molecule has 1 N–H and O–H groups in total. The summed E-state index contributed by atoms with van der Waals surface area (Å²) in [6.07, 6.45) is 1.44. The molecule has 0 aliphatic rings. The molecule has 8 nitrogen and oxygen atoms in total. The fourth-order valence-corrected chi connectivity index (χ4v) is 2.73. The summed E-state index contributed by atoms with van der Waals surface area (Å²) >= 11 is 5.89. The van der Waals surface area contributed by atoms with E-state index in [1.165, 1.54) is 25.3 Å². The number of halogens is 4. The first-order valence-electron chi connectivity index (χ1n) is 8.67. The fourth-order valence-electron chi connectivity index (χ4n) is 2.14. The Morgan fingerprint density at radius 2 is 1.69 bits per heavy atom. The Balaban J connectivity index is 2.33. The summed E-state index contributed by atoms with van der Waals surface area (Å²) in [6.45, 7) is 3.55. The van der Waals surface area contributed by atoms with Crippen molar-refractivity contribution in [3.05, 3.63) is 77.3 Å². The summed E-state index contributed by atoms with van der Waals surface area (Å²) in [5, 5.41) is 5.39. The lowest BCUT2D eigenvalue weighted by atomic mass is 10.0. The van der Waals surface area contributed by atoms with E-state index in [-0.39, 0.29) is 12.3 Å². The highest BCUT2D eigenvalue weighted by atomic mass is 35.5. The highest BCUT2D eigenvalue weighted by Crippen LogP contribution is 2.27. The summed E-state index contributed by atoms with van der Waals surface area (Å²) in [5.41, 5.74) is -2.24. The predicted octanol–water partition coefficient (Wildman–Crippen LogP) is 4.08. The minimum atomic E-state index is -5.81. The molecule has 0 radical (unpaired) electrons. The topological polar surface area (TPSA) is 97.3 Å². The summed E-state index contributed by atoms with van der Waals surface area (Å²) in [4.78, 5) is 17.2. The van der Waals surface area contributed by atoms with Crippen molar-refractivity contribution < 1.29 is 35.4 Å². The lowest BCUT2D eigenvalue weighted by Crippen LogP contribution is -2.35.